The predicted octanol–water partition coefficient (Wildman–Crippen LogP) is 8.51. The number of nitrogens with one attached hydrogen (secondary N) is 2. The van der Waals surface area contributed by atoms with Crippen molar-refractivity contribution in [1.82, 2.24) is 4.98 Å². The van der Waals surface area contributed by atoms with E-state index < -0.39 is 23.4 Å². The topological polar surface area (TPSA) is 104 Å². The van der Waals surface area contributed by atoms with Crippen LogP contribution in [0.3, 0.4) is 0 Å². The number of aryl methyl sites for hydroxylation is 1. The fraction of sp³-hybridized carbons (Fsp3) is 0.250. The minimum absolute atomic E-state index is 0.171. The van der Waals surface area contributed by atoms with Gasteiger partial charge in [-0.05, 0) is 98.0 Å². The first-order valence-electron chi connectivity index (χ1n) is 17.4. The van der Waals surface area contributed by atoms with E-state index in [4.69, 9.17) is 16.3 Å². The van der Waals surface area contributed by atoms with E-state index in [1.54, 1.807) is 42.6 Å². The molecule has 9 nitrogen and oxygen atoms in total. The van der Waals surface area contributed by atoms with E-state index in [-0.39, 0.29) is 39.4 Å². The molecule has 5 aromatic rings. The number of piperidine rings is 1. The van der Waals surface area contributed by atoms with E-state index in [2.05, 4.69) is 20.5 Å². The summed E-state index contributed by atoms with van der Waals surface area (Å²) in [6, 6.07) is 15.6. The number of carbonyl (C=O) groups excluding carboxylic acids is 3. The number of ether oxygens (including phenoxy) is 1. The zero-order valence-corrected chi connectivity index (χ0v) is 30.6. The van der Waals surface area contributed by atoms with E-state index in [1.807, 2.05) is 13.0 Å². The molecule has 0 radical (unpaired) electrons. The lowest BCUT2D eigenvalue weighted by Gasteiger charge is -2.47. The fourth-order valence-electron chi connectivity index (χ4n) is 7.18. The maximum Gasteiger partial charge on any atom is 0.265 e. The lowest BCUT2D eigenvalue weighted by Crippen LogP contribution is -2.51. The van der Waals surface area contributed by atoms with Crippen molar-refractivity contribution in [1.29, 1.82) is 0 Å². The molecule has 5 heterocycles. The molecule has 54 heavy (non-hydrogen) atoms. The summed E-state index contributed by atoms with van der Waals surface area (Å²) in [6.45, 7) is 5.21. The van der Waals surface area contributed by atoms with Crippen molar-refractivity contribution >= 4 is 63.5 Å². The number of pyridine rings is 1. The van der Waals surface area contributed by atoms with Crippen molar-refractivity contribution in [2.45, 2.75) is 26.2 Å². The second kappa shape index (κ2) is 14.2. The van der Waals surface area contributed by atoms with Crippen molar-refractivity contribution in [3.05, 3.63) is 123 Å². The number of nitrogens with zero attached hydrogens (tertiary/aromatic N) is 3. The lowest BCUT2D eigenvalue weighted by atomic mass is 9.77. The van der Waals surface area contributed by atoms with Gasteiger partial charge in [0, 0.05) is 59.0 Å². The number of halogens is 4. The van der Waals surface area contributed by atoms with E-state index >= 15 is 0 Å². The van der Waals surface area contributed by atoms with Crippen LogP contribution in [0.25, 0.3) is 10.4 Å². The van der Waals surface area contributed by atoms with Crippen molar-refractivity contribution in [3.8, 4) is 10.4 Å². The van der Waals surface area contributed by atoms with Crippen LogP contribution in [-0.2, 0) is 11.2 Å². The number of hydrogen-bond acceptors (Lipinski definition) is 7. The Morgan fingerprint density at radius 1 is 0.889 bits per heavy atom. The Balaban J connectivity index is 0.992. The maximum absolute atomic E-state index is 14.7. The number of rotatable bonds is 6. The Kier molecular flexibility index (Phi) is 9.41. The quantitative estimate of drug-likeness (QED) is 0.180. The van der Waals surface area contributed by atoms with Gasteiger partial charge in [0.1, 0.15) is 17.5 Å². The first kappa shape index (κ1) is 35.8. The average molecular weight is 772 g/mol. The molecule has 1 spiro atoms. The van der Waals surface area contributed by atoms with Crippen LogP contribution in [0.4, 0.5) is 36.1 Å². The minimum atomic E-state index is -1.01. The van der Waals surface area contributed by atoms with E-state index in [1.165, 1.54) is 17.0 Å². The molecule has 8 rings (SSSR count). The third kappa shape index (κ3) is 6.83. The smallest absolute Gasteiger partial charge is 0.265 e. The zero-order valence-electron chi connectivity index (χ0n) is 29.0. The van der Waals surface area contributed by atoms with E-state index in [9.17, 15) is 27.6 Å². The van der Waals surface area contributed by atoms with Gasteiger partial charge in [-0.1, -0.05) is 11.6 Å². The molecule has 3 amide bonds. The molecule has 14 heteroatoms. The van der Waals surface area contributed by atoms with Gasteiger partial charge in [-0.25, -0.2) is 18.2 Å². The third-order valence-corrected chi connectivity index (χ3v) is 11.7. The molecule has 0 unspecified atom stereocenters. The van der Waals surface area contributed by atoms with Crippen LogP contribution in [0.15, 0.2) is 72.9 Å². The molecule has 2 N–H and O–H groups in total. The molecule has 2 aromatic heterocycles. The summed E-state index contributed by atoms with van der Waals surface area (Å²) in [5, 5.41) is 5.09. The van der Waals surface area contributed by atoms with Gasteiger partial charge in [-0.2, -0.15) is 0 Å². The van der Waals surface area contributed by atoms with E-state index in [0.717, 1.165) is 67.7 Å². The van der Waals surface area contributed by atoms with Gasteiger partial charge in [0.15, 0.2) is 5.82 Å². The predicted molar refractivity (Wildman–Crippen MR) is 202 cm³/mol. The van der Waals surface area contributed by atoms with Crippen LogP contribution in [-0.4, -0.2) is 55.6 Å². The molecule has 3 aliphatic rings. The summed E-state index contributed by atoms with van der Waals surface area (Å²) in [6.07, 6.45) is 4.06. The highest BCUT2D eigenvalue weighted by molar-refractivity contribution is 7.17. The number of amides is 3. The average Bonchev–Trinajstić information content (AvgIpc) is 3.50. The van der Waals surface area contributed by atoms with Crippen LogP contribution in [0.2, 0.25) is 5.02 Å². The third-order valence-electron chi connectivity index (χ3n) is 10.2. The minimum Gasteiger partial charge on any atom is -0.380 e. The van der Waals surface area contributed by atoms with Gasteiger partial charge in [-0.15, -0.1) is 11.3 Å². The van der Waals surface area contributed by atoms with Gasteiger partial charge in [0.05, 0.1) is 40.1 Å². The Morgan fingerprint density at radius 2 is 1.65 bits per heavy atom. The summed E-state index contributed by atoms with van der Waals surface area (Å²) in [7, 11) is 0. The van der Waals surface area contributed by atoms with Crippen LogP contribution in [0.1, 0.15) is 54.4 Å². The van der Waals surface area contributed by atoms with Gasteiger partial charge in [0.25, 0.3) is 17.7 Å². The zero-order chi connectivity index (χ0) is 37.7. The first-order chi connectivity index (χ1) is 26.0. The molecule has 0 atom stereocenters. The molecular formula is C40H33ClF3N5O4S. The van der Waals surface area contributed by atoms with Crippen molar-refractivity contribution in [3.63, 3.8) is 0 Å². The number of benzene rings is 3. The molecule has 276 valence electrons. The van der Waals surface area contributed by atoms with Crippen LogP contribution >= 0.6 is 22.9 Å². The normalized spacial score (nSPS) is 15.9. The Bertz CT molecular complexity index is 2300. The molecule has 3 aliphatic heterocycles. The number of thiophene rings is 1. The van der Waals surface area contributed by atoms with Crippen molar-refractivity contribution in [2.24, 2.45) is 5.41 Å². The van der Waals surface area contributed by atoms with Crippen molar-refractivity contribution < 1.29 is 32.3 Å². The Morgan fingerprint density at radius 3 is 2.35 bits per heavy atom. The Hall–Kier alpha value is -5.24. The maximum atomic E-state index is 14.7. The number of fused-ring (bicyclic) bond motifs is 3. The second-order valence-corrected chi connectivity index (χ2v) is 15.4. The molecule has 3 aromatic carbocycles. The van der Waals surface area contributed by atoms with Crippen LogP contribution in [0, 0.1) is 29.8 Å². The molecule has 0 bridgehead atoms. The lowest BCUT2D eigenvalue weighted by molar-refractivity contribution is -0.124. The van der Waals surface area contributed by atoms with Gasteiger partial charge >= 0.3 is 0 Å². The molecule has 2 fully saturated rings. The summed E-state index contributed by atoms with van der Waals surface area (Å²) in [5.74, 6) is -3.13. The molecule has 2 saturated heterocycles. The summed E-state index contributed by atoms with van der Waals surface area (Å²) in [5.41, 5.74) is 3.66. The Labute approximate surface area is 317 Å². The summed E-state index contributed by atoms with van der Waals surface area (Å²) < 4.78 is 48.1. The molecule has 0 saturated carbocycles. The second-order valence-electron chi connectivity index (χ2n) is 13.9. The van der Waals surface area contributed by atoms with Gasteiger partial charge < -0.3 is 25.2 Å². The van der Waals surface area contributed by atoms with Crippen LogP contribution < -0.4 is 20.4 Å². The number of anilines is 4. The number of carbonyl (C=O) groups is 3. The highest BCUT2D eigenvalue weighted by Gasteiger charge is 2.42. The monoisotopic (exact) mass is 771 g/mol. The van der Waals surface area contributed by atoms with Gasteiger partial charge in [0.2, 0.25) is 0 Å². The van der Waals surface area contributed by atoms with E-state index in [0.29, 0.717) is 51.2 Å². The fourth-order valence-corrected chi connectivity index (χ4v) is 8.56. The highest BCUT2D eigenvalue weighted by Crippen LogP contribution is 2.43. The summed E-state index contributed by atoms with van der Waals surface area (Å²) in [4.78, 5) is 50.0. The number of hydrogen-bond donors (Lipinski definition) is 2. The highest BCUT2D eigenvalue weighted by atomic mass is 35.5. The SMILES string of the molecule is Cc1cnc(N2CCC3(CC2)COC3)c(C(=O)Nc2ccc(C(=O)N3CCc4cc(C(=O)Nc5c(F)cc(F)cc5Cl)sc4-c4ccc(F)cc43)cc2)c1. The standard InChI is InChI=1S/C40H33ClF3N5O4S/c1-22-14-29(36(45-19-22)48-12-9-40(10-13-48)20-53-21-40)37(50)46-27-5-2-23(3-6-27)39(52)49-11-8-24-15-33(54-35(24)28-7-4-25(42)18-32(28)49)38(51)47-34-30(41)16-26(43)17-31(34)44/h2-7,14-19H,8-13,20-21H2,1H3,(H,46,50)(H,47,51). The first-order valence-corrected chi connectivity index (χ1v) is 18.6. The largest absolute Gasteiger partial charge is 0.380 e. The van der Waals surface area contributed by atoms with Crippen molar-refractivity contribution in [2.75, 3.05) is 53.3 Å². The molecule has 0 aliphatic carbocycles. The van der Waals surface area contributed by atoms with Gasteiger partial charge in [-0.3, -0.25) is 14.4 Å². The molecular weight excluding hydrogens is 739 g/mol. The number of aromatic nitrogens is 1. The van der Waals surface area contributed by atoms with Crippen LogP contribution in [0.5, 0.6) is 0 Å². The summed E-state index contributed by atoms with van der Waals surface area (Å²) >= 11 is 7.09.